The molecule has 0 aliphatic carbocycles. The number of thioether (sulfide) groups is 1. The molecule has 3 heterocycles. The molecule has 51 heavy (non-hydrogen) atoms. The van der Waals surface area contributed by atoms with Crippen LogP contribution < -0.4 is 11.1 Å². The molecule has 2 aliphatic heterocycles. The van der Waals surface area contributed by atoms with Crippen LogP contribution in [0.3, 0.4) is 0 Å². The summed E-state index contributed by atoms with van der Waals surface area (Å²) in [5.41, 5.74) is 8.14. The molecule has 3 aromatic carbocycles. The molecule has 3 N–H and O–H groups in total. The average molecular weight is 746 g/mol. The predicted octanol–water partition coefficient (Wildman–Crippen LogP) is 4.29. The number of esters is 1. The highest BCUT2D eigenvalue weighted by Crippen LogP contribution is 2.42. The minimum Gasteiger partial charge on any atom is -0.448 e. The van der Waals surface area contributed by atoms with Crippen LogP contribution in [-0.4, -0.2) is 66.1 Å². The fourth-order valence-electron chi connectivity index (χ4n) is 5.35. The summed E-state index contributed by atoms with van der Waals surface area (Å²) < 4.78 is 37.0. The lowest BCUT2D eigenvalue weighted by Crippen LogP contribution is -2.71. The number of aryl methyl sites for hydroxylation is 1. The van der Waals surface area contributed by atoms with E-state index in [4.69, 9.17) is 19.5 Å². The number of β-lactam (4-membered cyclic amide) rings is 1. The number of nitrogens with one attached hydrogen (secondary N) is 1. The summed E-state index contributed by atoms with van der Waals surface area (Å²) in [7, 11) is -2.91. The first-order chi connectivity index (χ1) is 24.6. The van der Waals surface area contributed by atoms with Crippen molar-refractivity contribution in [2.45, 2.75) is 29.3 Å². The Kier molecular flexibility index (Phi) is 10.5. The minimum atomic E-state index is -4.18. The van der Waals surface area contributed by atoms with Crippen molar-refractivity contribution in [1.82, 2.24) is 15.2 Å². The molecule has 0 bridgehead atoms. The third-order valence-corrected chi connectivity index (χ3v) is 11.0. The maximum absolute atomic E-state index is 14.2. The number of nitrogen functional groups attached to an aromatic ring is 1. The zero-order valence-electron chi connectivity index (χ0n) is 27.2. The van der Waals surface area contributed by atoms with Crippen molar-refractivity contribution in [2.75, 3.05) is 18.6 Å². The molecule has 262 valence electrons. The van der Waals surface area contributed by atoms with Gasteiger partial charge in [-0.2, -0.15) is 8.42 Å². The number of thiazole rings is 1. The molecule has 2 aliphatic rings. The molecule has 1 saturated heterocycles. The molecular weight excluding hydrogens is 715 g/mol. The number of hydrogen-bond donors (Lipinski definition) is 2. The molecule has 2 atom stereocenters. The highest BCUT2D eigenvalue weighted by atomic mass is 32.2. The molecule has 2 unspecified atom stereocenters. The van der Waals surface area contributed by atoms with E-state index in [1.54, 1.807) is 12.1 Å². The number of nitrogens with two attached hydrogens (primary N) is 1. The van der Waals surface area contributed by atoms with Gasteiger partial charge in [-0.25, -0.2) is 9.78 Å². The summed E-state index contributed by atoms with van der Waals surface area (Å²) in [4.78, 5) is 51.4. The van der Waals surface area contributed by atoms with Crippen LogP contribution >= 0.6 is 23.1 Å². The summed E-state index contributed by atoms with van der Waals surface area (Å²) in [6, 6.07) is 23.3. The number of hydrogen-bond acceptors (Lipinski definition) is 13. The first-order valence-electron chi connectivity index (χ1n) is 15.4. The predicted molar refractivity (Wildman–Crippen MR) is 192 cm³/mol. The van der Waals surface area contributed by atoms with Crippen LogP contribution in [0.15, 0.2) is 124 Å². The third-order valence-electron chi connectivity index (χ3n) is 7.83. The van der Waals surface area contributed by atoms with Crippen LogP contribution in [0.2, 0.25) is 0 Å². The van der Waals surface area contributed by atoms with Crippen molar-refractivity contribution < 1.29 is 36.6 Å². The Labute approximate surface area is 301 Å². The van der Waals surface area contributed by atoms with Gasteiger partial charge in [-0.05, 0) is 41.8 Å². The van der Waals surface area contributed by atoms with E-state index >= 15 is 0 Å². The standard InChI is InChI=1S/C35H31N5O8S3/c1-21-13-15-25(16-14-21)51(44,45)47-18-17-24-19-49-33-28(38-31(41)27(39-46-2)26-20-50-35(36)37-26)32(42)40(33)29(24)34(43)48-30(22-9-5-3-6-10-22)23-11-7-4-8-12-23/h3-18,20,28,30,33H,19H2,1-2H3,(H2,36,37)(H,38,41). The van der Waals surface area contributed by atoms with Crippen molar-refractivity contribution in [2.24, 2.45) is 5.16 Å². The molecule has 13 nitrogen and oxygen atoms in total. The molecule has 1 aromatic heterocycles. The summed E-state index contributed by atoms with van der Waals surface area (Å²) in [6.07, 6.45) is 1.44. The lowest BCUT2D eigenvalue weighted by molar-refractivity contribution is -0.154. The van der Waals surface area contributed by atoms with Crippen LogP contribution in [-0.2, 0) is 38.3 Å². The maximum Gasteiger partial charge on any atom is 0.356 e. The largest absolute Gasteiger partial charge is 0.448 e. The molecule has 4 aromatic rings. The molecule has 16 heteroatoms. The number of anilines is 1. The van der Waals surface area contributed by atoms with Crippen molar-refractivity contribution in [3.05, 3.63) is 136 Å². The van der Waals surface area contributed by atoms with Gasteiger partial charge in [0.25, 0.3) is 11.8 Å². The second kappa shape index (κ2) is 15.2. The topological polar surface area (TPSA) is 180 Å². The molecular formula is C35H31N5O8S3. The van der Waals surface area contributed by atoms with Gasteiger partial charge in [0.05, 0.1) is 0 Å². The van der Waals surface area contributed by atoms with Gasteiger partial charge < -0.3 is 24.8 Å². The third kappa shape index (κ3) is 7.67. The van der Waals surface area contributed by atoms with Crippen LogP contribution in [0.1, 0.15) is 28.5 Å². The van der Waals surface area contributed by atoms with E-state index in [1.807, 2.05) is 67.6 Å². The number of fused-ring (bicyclic) bond motifs is 1. The number of aromatic nitrogens is 1. The Hall–Kier alpha value is -5.45. The number of allylic oxidation sites excluding steroid dienone is 1. The maximum atomic E-state index is 14.2. The number of carbonyl (C=O) groups excluding carboxylic acids is 3. The molecule has 0 spiro atoms. The fraction of sp³-hybridized carbons (Fsp3) is 0.171. The van der Waals surface area contributed by atoms with E-state index in [2.05, 4.69) is 15.5 Å². The summed E-state index contributed by atoms with van der Waals surface area (Å²) >= 11 is 2.36. The minimum absolute atomic E-state index is 0.0498. The number of carbonyl (C=O) groups is 3. The van der Waals surface area contributed by atoms with Gasteiger partial charge in [-0.15, -0.1) is 23.1 Å². The highest BCUT2D eigenvalue weighted by molar-refractivity contribution is 8.00. The molecule has 0 radical (unpaired) electrons. The Morgan fingerprint density at radius 2 is 1.69 bits per heavy atom. The smallest absolute Gasteiger partial charge is 0.356 e. The van der Waals surface area contributed by atoms with Crippen molar-refractivity contribution in [3.63, 3.8) is 0 Å². The molecule has 2 amide bonds. The van der Waals surface area contributed by atoms with Gasteiger partial charge in [0.1, 0.15) is 41.1 Å². The molecule has 0 saturated carbocycles. The quantitative estimate of drug-likeness (QED) is 0.0528. The number of amides is 2. The molecule has 1 fully saturated rings. The Balaban J connectivity index is 1.31. The zero-order valence-corrected chi connectivity index (χ0v) is 29.6. The average Bonchev–Trinajstić information content (AvgIpc) is 3.57. The van der Waals surface area contributed by atoms with E-state index < -0.39 is 45.4 Å². The number of benzene rings is 3. The van der Waals surface area contributed by atoms with Gasteiger partial charge in [-0.3, -0.25) is 14.5 Å². The van der Waals surface area contributed by atoms with Crippen LogP contribution in [0.25, 0.3) is 0 Å². The second-order valence-corrected chi connectivity index (χ2v) is 14.8. The van der Waals surface area contributed by atoms with E-state index in [9.17, 15) is 22.8 Å². The van der Waals surface area contributed by atoms with Crippen LogP contribution in [0.5, 0.6) is 0 Å². The summed E-state index contributed by atoms with van der Waals surface area (Å²) in [6.45, 7) is 1.83. The van der Waals surface area contributed by atoms with E-state index in [-0.39, 0.29) is 38.5 Å². The zero-order chi connectivity index (χ0) is 36.1. The lowest BCUT2D eigenvalue weighted by Gasteiger charge is -2.49. The van der Waals surface area contributed by atoms with Crippen molar-refractivity contribution >= 4 is 61.8 Å². The number of ether oxygens (including phenoxy) is 1. The van der Waals surface area contributed by atoms with Crippen molar-refractivity contribution in [1.29, 1.82) is 0 Å². The molecule has 6 rings (SSSR count). The SMILES string of the molecule is CON=C(C(=O)NC1C(=O)N2C(C(=O)OC(c3ccccc3)c3ccccc3)=C(C=COS(=O)(=O)c3ccc(C)cc3)CSC12)c1csc(N)n1. The van der Waals surface area contributed by atoms with E-state index in [0.717, 1.165) is 23.2 Å². The van der Waals surface area contributed by atoms with Gasteiger partial charge in [-0.1, -0.05) is 83.5 Å². The van der Waals surface area contributed by atoms with Gasteiger partial charge >= 0.3 is 16.1 Å². The lowest BCUT2D eigenvalue weighted by atomic mass is 10.0. The highest BCUT2D eigenvalue weighted by Gasteiger charge is 2.55. The van der Waals surface area contributed by atoms with Gasteiger partial charge in [0.2, 0.25) is 0 Å². The number of rotatable bonds is 12. The normalized spacial score (nSPS) is 17.6. The first kappa shape index (κ1) is 35.4. The van der Waals surface area contributed by atoms with Gasteiger partial charge in [0, 0.05) is 11.1 Å². The summed E-state index contributed by atoms with van der Waals surface area (Å²) in [5.74, 6) is -2.03. The Morgan fingerprint density at radius 3 is 2.27 bits per heavy atom. The Morgan fingerprint density at radius 1 is 1.04 bits per heavy atom. The number of oxime groups is 1. The van der Waals surface area contributed by atoms with E-state index in [1.165, 1.54) is 47.4 Å². The monoisotopic (exact) mass is 745 g/mol. The Bertz CT molecular complexity index is 2100. The summed E-state index contributed by atoms with van der Waals surface area (Å²) in [5, 5.41) is 7.48. The second-order valence-electron chi connectivity index (χ2n) is 11.2. The first-order valence-corrected chi connectivity index (χ1v) is 18.7. The van der Waals surface area contributed by atoms with Crippen molar-refractivity contribution in [3.8, 4) is 0 Å². The fourth-order valence-corrected chi connectivity index (χ4v) is 8.00. The van der Waals surface area contributed by atoms with E-state index in [0.29, 0.717) is 11.1 Å². The number of nitrogens with zero attached hydrogens (tertiary/aromatic N) is 3. The van der Waals surface area contributed by atoms with Crippen LogP contribution in [0, 0.1) is 6.92 Å². The van der Waals surface area contributed by atoms with Crippen LogP contribution in [0.4, 0.5) is 5.13 Å². The van der Waals surface area contributed by atoms with Gasteiger partial charge in [0.15, 0.2) is 16.9 Å².